The smallest absolute Gasteiger partial charge is 0.550 e. The molecule has 0 heterocycles. The minimum Gasteiger partial charge on any atom is -0.550 e. The normalized spacial score (nSPS) is 9.40. The number of carboxylic acid groups (broad SMARTS) is 6. The van der Waals surface area contributed by atoms with Gasteiger partial charge >= 0.3 is 179 Å². The number of aliphatic hydroxyl groups is 2. The summed E-state index contributed by atoms with van der Waals surface area (Å²) < 4.78 is 0. The van der Waals surface area contributed by atoms with Gasteiger partial charge in [-0.1, -0.05) is 0 Å². The van der Waals surface area contributed by atoms with Crippen molar-refractivity contribution >= 4 is 60.2 Å². The predicted octanol–water partition coefficient (Wildman–Crippen LogP) is -19.9. The third kappa shape index (κ3) is 22.3. The number of hydrogen-bond donors (Lipinski definition) is 2. The second-order valence-corrected chi connectivity index (χ2v) is 4.83. The van der Waals surface area contributed by atoms with Crippen molar-refractivity contribution in [2.75, 3.05) is 0 Å². The molecule has 0 fully saturated rings. The number of carbonyl (C=O) groups excluding carboxylic acids is 6. The van der Waals surface area contributed by atoms with Gasteiger partial charge in [0.05, 0.1) is 11.9 Å². The minimum atomic E-state index is -2.97. The van der Waals surface area contributed by atoms with Crippen LogP contribution in [0, 0.1) is 0 Å². The molecule has 0 aromatic heterocycles. The summed E-state index contributed by atoms with van der Waals surface area (Å²) in [5, 5.41) is 77.9. The van der Waals surface area contributed by atoms with Crippen molar-refractivity contribution in [3.05, 3.63) is 0 Å². The monoisotopic (exact) mass is 616 g/mol. The van der Waals surface area contributed by atoms with Crippen LogP contribution in [0.3, 0.4) is 0 Å². The molecule has 30 heavy (non-hydrogen) atoms. The third-order valence-electron chi connectivity index (χ3n) is 2.51. The van der Waals surface area contributed by atoms with Crippen molar-refractivity contribution in [3.8, 4) is 0 Å². The van der Waals surface area contributed by atoms with Gasteiger partial charge in [0.25, 0.3) is 0 Å². The molecule has 0 bridgehead atoms. The van der Waals surface area contributed by atoms with Crippen LogP contribution in [0.5, 0.6) is 0 Å². The fourth-order valence-corrected chi connectivity index (χ4v) is 1.37. The summed E-state index contributed by atoms with van der Waals surface area (Å²) >= 11 is 0. The fraction of sp³-hybridized carbons (Fsp3) is 0.500. The van der Waals surface area contributed by atoms with Gasteiger partial charge in [-0.05, 0) is 0 Å². The van der Waals surface area contributed by atoms with E-state index in [2.05, 4.69) is 0 Å². The van der Waals surface area contributed by atoms with Crippen molar-refractivity contribution < 1.29 is 224 Å². The molecule has 0 spiro atoms. The molecule has 0 saturated carbocycles. The van der Waals surface area contributed by atoms with Crippen molar-refractivity contribution in [2.24, 2.45) is 0 Å². The zero-order chi connectivity index (χ0) is 21.3. The van der Waals surface area contributed by atoms with Gasteiger partial charge in [0.2, 0.25) is 0 Å². The summed E-state index contributed by atoms with van der Waals surface area (Å²) in [7, 11) is 0. The molecular weight excluding hydrogens is 607 g/mol. The number of aliphatic carboxylic acids is 6. The number of carbonyl (C=O) groups is 6. The number of hydrogen-bond acceptors (Lipinski definition) is 14. The van der Waals surface area contributed by atoms with Crippen molar-refractivity contribution in [3.63, 3.8) is 0 Å². The molecule has 0 aromatic carbocycles. The fourth-order valence-electron chi connectivity index (χ4n) is 1.37. The largest absolute Gasteiger partial charge is 3.00 e. The van der Waals surface area contributed by atoms with Gasteiger partial charge in [0, 0.05) is 49.6 Å². The molecule has 0 saturated heterocycles. The van der Waals surface area contributed by atoms with E-state index in [0.717, 1.165) is 0 Å². The van der Waals surface area contributed by atoms with E-state index in [4.69, 9.17) is 10.2 Å². The summed E-state index contributed by atoms with van der Waals surface area (Å²) in [6.45, 7) is 0. The summed E-state index contributed by atoms with van der Waals surface area (Å²) in [6, 6.07) is 0. The Morgan fingerprint density at radius 2 is 0.633 bits per heavy atom. The first kappa shape index (κ1) is 45.9. The van der Waals surface area contributed by atoms with E-state index in [1.165, 1.54) is 0 Å². The molecule has 2 N–H and O–H groups in total. The van der Waals surface area contributed by atoms with Gasteiger partial charge in [-0.2, -0.15) is 0 Å². The van der Waals surface area contributed by atoms with Crippen LogP contribution in [0.4, 0.5) is 0 Å². The Balaban J connectivity index is -0.0000000847. The van der Waals surface area contributed by atoms with Crippen molar-refractivity contribution in [1.82, 2.24) is 0 Å². The van der Waals surface area contributed by atoms with Gasteiger partial charge in [0.1, 0.15) is 11.2 Å². The molecule has 18 heteroatoms. The summed E-state index contributed by atoms with van der Waals surface area (Å²) in [5.41, 5.74) is -5.95. The molecular formula is C12H10K3O14Sb. The second kappa shape index (κ2) is 22.0. The van der Waals surface area contributed by atoms with Crippen LogP contribution >= 0.6 is 0 Å². The molecule has 0 aromatic rings. The van der Waals surface area contributed by atoms with Gasteiger partial charge in [-0.25, -0.2) is 0 Å². The van der Waals surface area contributed by atoms with Crippen molar-refractivity contribution in [2.45, 2.75) is 36.9 Å². The maximum atomic E-state index is 10.1. The molecule has 0 aliphatic carbocycles. The first-order valence-corrected chi connectivity index (χ1v) is 6.23. The van der Waals surface area contributed by atoms with E-state index in [-0.39, 0.29) is 179 Å². The molecule has 0 amide bonds. The standard InChI is InChI=1S/2C6H8O7.3K.Sb/c2*7-3(8)1-6(13,5(11)12)2-4(9)10;;;;/h2*13H,1-2H2,(H,7,8)(H,9,10)(H,11,12);;;;/q;;3*+1;+3/p-6. The van der Waals surface area contributed by atoms with Crippen LogP contribution in [0.25, 0.3) is 0 Å². The molecule has 0 aliphatic heterocycles. The average Bonchev–Trinajstić information content (AvgIpc) is 2.34. The van der Waals surface area contributed by atoms with E-state index in [1.807, 2.05) is 0 Å². The molecule has 0 rings (SSSR count). The molecule has 150 valence electrons. The topological polar surface area (TPSA) is 281 Å². The summed E-state index contributed by atoms with van der Waals surface area (Å²) in [4.78, 5) is 60.0. The van der Waals surface area contributed by atoms with Gasteiger partial charge in [-0.3, -0.25) is 0 Å². The zero-order valence-corrected chi connectivity index (χ0v) is 28.0. The van der Waals surface area contributed by atoms with E-state index < -0.39 is 72.7 Å². The van der Waals surface area contributed by atoms with E-state index in [0.29, 0.717) is 0 Å². The van der Waals surface area contributed by atoms with Crippen LogP contribution in [0.1, 0.15) is 25.7 Å². The first-order valence-electron chi connectivity index (χ1n) is 6.23. The van der Waals surface area contributed by atoms with E-state index in [9.17, 15) is 59.4 Å². The third-order valence-corrected chi connectivity index (χ3v) is 2.51. The Kier molecular flexibility index (Phi) is 33.6. The Hall–Kier alpha value is 2.47. The summed E-state index contributed by atoms with van der Waals surface area (Å²) in [6.07, 6.45) is -5.43. The van der Waals surface area contributed by atoms with Gasteiger partial charge < -0.3 is 69.6 Å². The number of carboxylic acids is 6. The van der Waals surface area contributed by atoms with Crippen LogP contribution in [0.2, 0.25) is 0 Å². The van der Waals surface area contributed by atoms with Crippen LogP contribution < -0.4 is 185 Å². The Morgan fingerprint density at radius 1 is 0.500 bits per heavy atom. The van der Waals surface area contributed by atoms with Crippen molar-refractivity contribution in [1.29, 1.82) is 0 Å². The zero-order valence-electron chi connectivity index (χ0n) is 16.1. The molecule has 2 radical (unpaired) electrons. The maximum Gasteiger partial charge on any atom is 3.00 e. The number of rotatable bonds is 10. The predicted molar refractivity (Wildman–Crippen MR) is 64.2 cm³/mol. The Bertz CT molecular complexity index is 527. The van der Waals surface area contributed by atoms with E-state index >= 15 is 0 Å². The minimum absolute atomic E-state index is 0. The average molecular weight is 617 g/mol. The molecule has 0 atom stereocenters. The van der Waals surface area contributed by atoms with Gasteiger partial charge in [0.15, 0.2) is 0 Å². The second-order valence-electron chi connectivity index (χ2n) is 4.83. The van der Waals surface area contributed by atoms with Crippen LogP contribution in [-0.4, -0.2) is 81.7 Å². The molecule has 14 nitrogen and oxygen atoms in total. The summed E-state index contributed by atoms with van der Waals surface area (Å²) in [5.74, 6) is -12.0. The van der Waals surface area contributed by atoms with Crippen LogP contribution in [0.15, 0.2) is 0 Å². The van der Waals surface area contributed by atoms with Gasteiger partial charge in [-0.15, -0.1) is 0 Å². The van der Waals surface area contributed by atoms with Crippen LogP contribution in [-0.2, 0) is 28.8 Å². The molecule has 0 unspecified atom stereocenters. The quantitative estimate of drug-likeness (QED) is 0.215. The van der Waals surface area contributed by atoms with E-state index in [1.54, 1.807) is 0 Å². The SMILES string of the molecule is O=C([O-])CC(O)(CC(=O)[O-])C(=O)[O-].O=C([O-])CC(O)(CC(=O)[O-])C(=O)[O-].[K+].[K+].[K+].[Sb+3]. The Morgan fingerprint density at radius 3 is 0.700 bits per heavy atom. The maximum absolute atomic E-state index is 10.1. The Labute approximate surface area is 313 Å². The molecule has 0 aliphatic rings. The first-order chi connectivity index (χ1) is 11.6.